The van der Waals surface area contributed by atoms with Crippen molar-refractivity contribution in [3.05, 3.63) is 53.1 Å². The molecule has 2 aromatic rings. The van der Waals surface area contributed by atoms with Crippen LogP contribution in [0.4, 0.5) is 0 Å². The number of methoxy groups -OCH3 is 2. The standard InChI is InChI=1S/C28H35N3O5/c1-6-13-28(3)25(19-8-10-23(35-4)24(16-19)36-5)29-31(27(28)34)20-11-14-30(15-12-20)26(33)22-17-21(32)9-7-18(22)2/h7-10,16-17,20,32H,6,11-15H2,1-5H3. The van der Waals surface area contributed by atoms with Crippen molar-refractivity contribution in [2.24, 2.45) is 10.5 Å². The molecule has 0 aromatic heterocycles. The molecule has 2 aliphatic heterocycles. The zero-order chi connectivity index (χ0) is 26.0. The summed E-state index contributed by atoms with van der Waals surface area (Å²) in [6.45, 7) is 6.95. The Morgan fingerprint density at radius 3 is 2.44 bits per heavy atom. The number of piperidine rings is 1. The van der Waals surface area contributed by atoms with Crippen LogP contribution in [0, 0.1) is 12.3 Å². The highest BCUT2D eigenvalue weighted by Crippen LogP contribution is 2.40. The highest BCUT2D eigenvalue weighted by molar-refractivity contribution is 6.19. The van der Waals surface area contributed by atoms with Crippen LogP contribution in [0.25, 0.3) is 0 Å². The van der Waals surface area contributed by atoms with Gasteiger partial charge in [-0.3, -0.25) is 9.59 Å². The van der Waals surface area contributed by atoms with Crippen molar-refractivity contribution in [2.75, 3.05) is 27.3 Å². The molecule has 0 saturated carbocycles. The second-order valence-electron chi connectivity index (χ2n) is 9.77. The highest BCUT2D eigenvalue weighted by Gasteiger charge is 2.49. The van der Waals surface area contributed by atoms with E-state index in [-0.39, 0.29) is 23.6 Å². The van der Waals surface area contributed by atoms with Gasteiger partial charge in [-0.25, -0.2) is 5.01 Å². The SMILES string of the molecule is CCCC1(C)C(=O)N(C2CCN(C(=O)c3cc(O)ccc3C)CC2)N=C1c1ccc(OC)c(OC)c1. The monoisotopic (exact) mass is 493 g/mol. The fraction of sp³-hybridized carbons (Fsp3) is 0.464. The molecule has 2 heterocycles. The van der Waals surface area contributed by atoms with Crippen LogP contribution in [-0.2, 0) is 4.79 Å². The molecule has 2 amide bonds. The number of aromatic hydroxyl groups is 1. The van der Waals surface area contributed by atoms with E-state index in [0.717, 1.165) is 23.3 Å². The number of ether oxygens (including phenoxy) is 2. The fourth-order valence-electron chi connectivity index (χ4n) is 5.27. The van der Waals surface area contributed by atoms with Gasteiger partial charge in [0.25, 0.3) is 11.8 Å². The molecule has 1 unspecified atom stereocenters. The smallest absolute Gasteiger partial charge is 0.254 e. The van der Waals surface area contributed by atoms with Crippen LogP contribution in [0.15, 0.2) is 41.5 Å². The van der Waals surface area contributed by atoms with Crippen molar-refractivity contribution >= 4 is 17.5 Å². The average Bonchev–Trinajstić information content (AvgIpc) is 3.15. The Morgan fingerprint density at radius 1 is 1.11 bits per heavy atom. The minimum absolute atomic E-state index is 0.00253. The number of amides is 2. The molecule has 0 bridgehead atoms. The molecule has 1 saturated heterocycles. The Bertz CT molecular complexity index is 1190. The molecular formula is C28H35N3O5. The van der Waals surface area contributed by atoms with Crippen molar-refractivity contribution < 1.29 is 24.2 Å². The summed E-state index contributed by atoms with van der Waals surface area (Å²) in [4.78, 5) is 28.6. The summed E-state index contributed by atoms with van der Waals surface area (Å²) in [5.74, 6) is 1.20. The van der Waals surface area contributed by atoms with Crippen LogP contribution in [0.5, 0.6) is 17.2 Å². The molecule has 8 nitrogen and oxygen atoms in total. The van der Waals surface area contributed by atoms with Gasteiger partial charge in [0.2, 0.25) is 0 Å². The van der Waals surface area contributed by atoms with Gasteiger partial charge in [-0.1, -0.05) is 19.4 Å². The van der Waals surface area contributed by atoms with Gasteiger partial charge in [-0.05, 0) is 69.0 Å². The summed E-state index contributed by atoms with van der Waals surface area (Å²) in [5, 5.41) is 16.4. The summed E-state index contributed by atoms with van der Waals surface area (Å²) >= 11 is 0. The zero-order valence-corrected chi connectivity index (χ0v) is 21.7. The van der Waals surface area contributed by atoms with E-state index in [4.69, 9.17) is 14.6 Å². The topological polar surface area (TPSA) is 91.7 Å². The van der Waals surface area contributed by atoms with Crippen LogP contribution in [0.3, 0.4) is 0 Å². The second-order valence-corrected chi connectivity index (χ2v) is 9.77. The first-order valence-electron chi connectivity index (χ1n) is 12.5. The first-order chi connectivity index (χ1) is 17.2. The predicted molar refractivity (Wildman–Crippen MR) is 138 cm³/mol. The third-order valence-corrected chi connectivity index (χ3v) is 7.37. The molecule has 2 aromatic carbocycles. The Labute approximate surface area is 212 Å². The largest absolute Gasteiger partial charge is 0.508 e. The minimum Gasteiger partial charge on any atom is -0.508 e. The zero-order valence-electron chi connectivity index (χ0n) is 21.7. The third kappa shape index (κ3) is 4.52. The van der Waals surface area contributed by atoms with Crippen LogP contribution in [0.2, 0.25) is 0 Å². The van der Waals surface area contributed by atoms with Gasteiger partial charge < -0.3 is 19.5 Å². The lowest BCUT2D eigenvalue weighted by Gasteiger charge is -2.36. The third-order valence-electron chi connectivity index (χ3n) is 7.37. The van der Waals surface area contributed by atoms with Gasteiger partial charge in [0, 0.05) is 24.2 Å². The van der Waals surface area contributed by atoms with Crippen LogP contribution in [-0.4, -0.2) is 65.9 Å². The van der Waals surface area contributed by atoms with E-state index in [2.05, 4.69) is 6.92 Å². The summed E-state index contributed by atoms with van der Waals surface area (Å²) in [6, 6.07) is 10.4. The first kappa shape index (κ1) is 25.5. The number of phenolic OH excluding ortho intramolecular Hbond substituents is 1. The number of hydrazone groups is 1. The summed E-state index contributed by atoms with van der Waals surface area (Å²) in [6.07, 6.45) is 2.81. The van der Waals surface area contributed by atoms with E-state index in [9.17, 15) is 14.7 Å². The molecular weight excluding hydrogens is 458 g/mol. The van der Waals surface area contributed by atoms with Crippen LogP contribution in [0.1, 0.15) is 61.0 Å². The Morgan fingerprint density at radius 2 is 1.81 bits per heavy atom. The number of phenols is 1. The summed E-state index contributed by atoms with van der Waals surface area (Å²) in [5.41, 5.74) is 2.18. The molecule has 0 aliphatic carbocycles. The van der Waals surface area contributed by atoms with Crippen LogP contribution < -0.4 is 9.47 Å². The van der Waals surface area contributed by atoms with Crippen molar-refractivity contribution in [1.82, 2.24) is 9.91 Å². The van der Waals surface area contributed by atoms with Gasteiger partial charge >= 0.3 is 0 Å². The number of nitrogens with zero attached hydrogens (tertiary/aromatic N) is 3. The van der Waals surface area contributed by atoms with Gasteiger partial charge in [0.15, 0.2) is 11.5 Å². The van der Waals surface area contributed by atoms with E-state index in [1.807, 2.05) is 32.0 Å². The Kier molecular flexibility index (Phi) is 7.24. The van der Waals surface area contributed by atoms with E-state index in [0.29, 0.717) is 49.4 Å². The van der Waals surface area contributed by atoms with Gasteiger partial charge in [0.1, 0.15) is 5.75 Å². The fourth-order valence-corrected chi connectivity index (χ4v) is 5.27. The molecule has 1 atom stereocenters. The number of carbonyl (C=O) groups excluding carboxylic acids is 2. The van der Waals surface area contributed by atoms with E-state index < -0.39 is 5.41 Å². The molecule has 4 rings (SSSR count). The Balaban J connectivity index is 1.56. The lowest BCUT2D eigenvalue weighted by Crippen LogP contribution is -2.48. The molecule has 36 heavy (non-hydrogen) atoms. The minimum atomic E-state index is -0.736. The summed E-state index contributed by atoms with van der Waals surface area (Å²) < 4.78 is 10.9. The van der Waals surface area contributed by atoms with E-state index >= 15 is 0 Å². The van der Waals surface area contributed by atoms with Crippen molar-refractivity contribution in [1.29, 1.82) is 0 Å². The van der Waals surface area contributed by atoms with E-state index in [1.54, 1.807) is 36.3 Å². The lowest BCUT2D eigenvalue weighted by molar-refractivity contribution is -0.138. The number of hydrogen-bond acceptors (Lipinski definition) is 6. The average molecular weight is 494 g/mol. The molecule has 1 N–H and O–H groups in total. The molecule has 192 valence electrons. The number of aryl methyl sites for hydroxylation is 1. The van der Waals surface area contributed by atoms with Crippen molar-refractivity contribution in [2.45, 2.75) is 52.5 Å². The highest BCUT2D eigenvalue weighted by atomic mass is 16.5. The van der Waals surface area contributed by atoms with Gasteiger partial charge in [-0.2, -0.15) is 5.10 Å². The van der Waals surface area contributed by atoms with Crippen molar-refractivity contribution in [3.63, 3.8) is 0 Å². The summed E-state index contributed by atoms with van der Waals surface area (Å²) in [7, 11) is 3.18. The quantitative estimate of drug-likeness (QED) is 0.618. The number of carbonyl (C=O) groups is 2. The van der Waals surface area contributed by atoms with Gasteiger partial charge in [-0.15, -0.1) is 0 Å². The molecule has 0 spiro atoms. The van der Waals surface area contributed by atoms with Crippen LogP contribution >= 0.6 is 0 Å². The number of rotatable bonds is 7. The number of likely N-dealkylation sites (tertiary alicyclic amines) is 1. The predicted octanol–water partition coefficient (Wildman–Crippen LogP) is 4.38. The molecule has 2 aliphatic rings. The number of hydrogen-bond donors (Lipinski definition) is 1. The van der Waals surface area contributed by atoms with Crippen molar-refractivity contribution in [3.8, 4) is 17.2 Å². The maximum absolute atomic E-state index is 13.7. The maximum atomic E-state index is 13.7. The Hall–Kier alpha value is -3.55. The van der Waals surface area contributed by atoms with E-state index in [1.165, 1.54) is 6.07 Å². The lowest BCUT2D eigenvalue weighted by atomic mass is 9.77. The second kappa shape index (κ2) is 10.2. The molecule has 0 radical (unpaired) electrons. The molecule has 8 heteroatoms. The normalized spacial score (nSPS) is 20.5. The number of benzene rings is 2. The molecule has 1 fully saturated rings. The first-order valence-corrected chi connectivity index (χ1v) is 12.5. The maximum Gasteiger partial charge on any atom is 0.254 e. The van der Waals surface area contributed by atoms with Gasteiger partial charge in [0.05, 0.1) is 31.4 Å².